The van der Waals surface area contributed by atoms with Crippen molar-refractivity contribution in [2.75, 3.05) is 7.11 Å². The maximum Gasteiger partial charge on any atom is 1.00 e. The first-order valence-corrected chi connectivity index (χ1v) is 5.55. The van der Waals surface area contributed by atoms with Crippen LogP contribution in [0.25, 0.3) is 0 Å². The zero-order chi connectivity index (χ0) is 9.84. The van der Waals surface area contributed by atoms with E-state index in [2.05, 4.69) is 15.9 Å². The van der Waals surface area contributed by atoms with Gasteiger partial charge in [0, 0.05) is 10.2 Å². The van der Waals surface area contributed by atoms with Crippen molar-refractivity contribution >= 4 is 27.0 Å². The summed E-state index contributed by atoms with van der Waals surface area (Å²) in [6.45, 7) is 0. The molecule has 6 heteroatoms. The van der Waals surface area contributed by atoms with Gasteiger partial charge >= 0.3 is 29.6 Å². The van der Waals surface area contributed by atoms with Crippen LogP contribution in [0.3, 0.4) is 0 Å². The summed E-state index contributed by atoms with van der Waals surface area (Å²) in [5.74, 6) is 0.654. The summed E-state index contributed by atoms with van der Waals surface area (Å²) >= 11 is 1.19. The second-order valence-electron chi connectivity index (χ2n) is 2.41. The molecular weight excluding hydrogens is 279 g/mol. The van der Waals surface area contributed by atoms with Gasteiger partial charge in [0.05, 0.1) is 7.11 Å². The molecular formula is C8H8BrNaO3S. The van der Waals surface area contributed by atoms with Crippen molar-refractivity contribution in [1.29, 1.82) is 0 Å². The van der Waals surface area contributed by atoms with Crippen LogP contribution in [-0.4, -0.2) is 15.9 Å². The van der Waals surface area contributed by atoms with Crippen LogP contribution in [0.15, 0.2) is 22.7 Å². The van der Waals surface area contributed by atoms with Crippen molar-refractivity contribution in [3.8, 4) is 5.75 Å². The number of ether oxygens (including phenoxy) is 1. The Hall–Kier alpha value is 0.610. The molecule has 0 aliphatic carbocycles. The summed E-state index contributed by atoms with van der Waals surface area (Å²) in [5.41, 5.74) is 0.702. The standard InChI is InChI=1S/C8H9BrO3S.Na/c1-12-7-2-3-8(9)6(4-7)5-13(10)11;/h2-4H,5H2,1H3,(H,10,11);/q;+1/p-1. The third-order valence-electron chi connectivity index (χ3n) is 1.53. The van der Waals surface area contributed by atoms with Crippen molar-refractivity contribution < 1.29 is 43.1 Å². The minimum absolute atomic E-state index is 0. The fourth-order valence-corrected chi connectivity index (χ4v) is 1.98. The van der Waals surface area contributed by atoms with E-state index in [1.165, 1.54) is 0 Å². The van der Waals surface area contributed by atoms with E-state index in [0.717, 1.165) is 4.47 Å². The maximum atomic E-state index is 10.5. The predicted octanol–water partition coefficient (Wildman–Crippen LogP) is -1.16. The van der Waals surface area contributed by atoms with Crippen LogP contribution < -0.4 is 34.3 Å². The van der Waals surface area contributed by atoms with E-state index < -0.39 is 11.1 Å². The van der Waals surface area contributed by atoms with Crippen LogP contribution in [0.5, 0.6) is 5.75 Å². The minimum atomic E-state index is -2.07. The molecule has 0 saturated heterocycles. The van der Waals surface area contributed by atoms with E-state index in [1.54, 1.807) is 25.3 Å². The molecule has 0 aliphatic rings. The first-order valence-electron chi connectivity index (χ1n) is 3.51. The molecule has 0 saturated carbocycles. The van der Waals surface area contributed by atoms with Crippen molar-refractivity contribution in [2.24, 2.45) is 0 Å². The van der Waals surface area contributed by atoms with Gasteiger partial charge in [0.25, 0.3) is 0 Å². The zero-order valence-corrected chi connectivity index (χ0v) is 12.4. The molecule has 1 aromatic rings. The number of halogens is 1. The Labute approximate surface area is 116 Å². The average molecular weight is 287 g/mol. The molecule has 3 nitrogen and oxygen atoms in total. The summed E-state index contributed by atoms with van der Waals surface area (Å²) < 4.78 is 26.7. The molecule has 14 heavy (non-hydrogen) atoms. The van der Waals surface area contributed by atoms with Crippen LogP contribution in [-0.2, 0) is 16.8 Å². The van der Waals surface area contributed by atoms with Gasteiger partial charge < -0.3 is 9.29 Å². The fourth-order valence-electron chi connectivity index (χ4n) is 0.916. The van der Waals surface area contributed by atoms with E-state index in [1.807, 2.05) is 0 Å². The number of rotatable bonds is 3. The van der Waals surface area contributed by atoms with Gasteiger partial charge in [-0.2, -0.15) is 0 Å². The largest absolute Gasteiger partial charge is 1.00 e. The Kier molecular flexibility index (Phi) is 7.28. The molecule has 0 fully saturated rings. The quantitative estimate of drug-likeness (QED) is 0.520. The smallest absolute Gasteiger partial charge is 0.772 e. The number of benzene rings is 1. The van der Waals surface area contributed by atoms with E-state index in [0.29, 0.717) is 11.3 Å². The molecule has 0 N–H and O–H groups in total. The second kappa shape index (κ2) is 6.98. The van der Waals surface area contributed by atoms with Gasteiger partial charge in [-0.3, -0.25) is 4.21 Å². The maximum absolute atomic E-state index is 10.5. The van der Waals surface area contributed by atoms with Crippen molar-refractivity contribution in [1.82, 2.24) is 0 Å². The molecule has 72 valence electrons. The number of methoxy groups -OCH3 is 1. The first kappa shape index (κ1) is 14.6. The Balaban J connectivity index is 0.00000169. The van der Waals surface area contributed by atoms with E-state index >= 15 is 0 Å². The molecule has 1 rings (SSSR count). The summed E-state index contributed by atoms with van der Waals surface area (Å²) in [6, 6.07) is 5.22. The summed E-state index contributed by atoms with van der Waals surface area (Å²) in [6.07, 6.45) is 0. The van der Waals surface area contributed by atoms with Crippen molar-refractivity contribution in [3.05, 3.63) is 28.2 Å². The first-order chi connectivity index (χ1) is 6.13. The van der Waals surface area contributed by atoms with E-state index in [-0.39, 0.29) is 35.3 Å². The normalized spacial score (nSPS) is 11.6. The average Bonchev–Trinajstić information content (AvgIpc) is 2.08. The Morgan fingerprint density at radius 1 is 1.57 bits per heavy atom. The van der Waals surface area contributed by atoms with Crippen LogP contribution in [0.2, 0.25) is 0 Å². The van der Waals surface area contributed by atoms with Gasteiger partial charge in [-0.05, 0) is 23.8 Å². The molecule has 1 unspecified atom stereocenters. The van der Waals surface area contributed by atoms with Gasteiger partial charge in [0.2, 0.25) is 0 Å². The van der Waals surface area contributed by atoms with Crippen LogP contribution >= 0.6 is 15.9 Å². The van der Waals surface area contributed by atoms with Gasteiger partial charge in [0.1, 0.15) is 5.75 Å². The van der Waals surface area contributed by atoms with Crippen molar-refractivity contribution in [3.63, 3.8) is 0 Å². The molecule has 0 heterocycles. The van der Waals surface area contributed by atoms with E-state index in [9.17, 15) is 8.76 Å². The van der Waals surface area contributed by atoms with Gasteiger partial charge in [-0.15, -0.1) is 0 Å². The van der Waals surface area contributed by atoms with Gasteiger partial charge in [0.15, 0.2) is 0 Å². The molecule has 0 spiro atoms. The third-order valence-corrected chi connectivity index (χ3v) is 2.85. The van der Waals surface area contributed by atoms with E-state index in [4.69, 9.17) is 4.74 Å². The van der Waals surface area contributed by atoms with Gasteiger partial charge in [-0.1, -0.05) is 27.0 Å². The molecule has 0 radical (unpaired) electrons. The molecule has 0 amide bonds. The predicted molar refractivity (Wildman–Crippen MR) is 53.3 cm³/mol. The summed E-state index contributed by atoms with van der Waals surface area (Å²) in [7, 11) is 1.54. The van der Waals surface area contributed by atoms with Crippen LogP contribution in [0.4, 0.5) is 0 Å². The second-order valence-corrected chi connectivity index (χ2v) is 4.16. The van der Waals surface area contributed by atoms with Crippen molar-refractivity contribution in [2.45, 2.75) is 5.75 Å². The Bertz CT molecular complexity index is 332. The van der Waals surface area contributed by atoms with Gasteiger partial charge in [-0.25, -0.2) is 0 Å². The molecule has 0 aliphatic heterocycles. The number of hydrogen-bond donors (Lipinski definition) is 0. The summed E-state index contributed by atoms with van der Waals surface area (Å²) in [4.78, 5) is 0. The monoisotopic (exact) mass is 286 g/mol. The topological polar surface area (TPSA) is 49.4 Å². The molecule has 1 atom stereocenters. The fraction of sp³-hybridized carbons (Fsp3) is 0.250. The van der Waals surface area contributed by atoms with Crippen LogP contribution in [0, 0.1) is 0 Å². The SMILES string of the molecule is COc1ccc(Br)c(CS(=O)[O-])c1.[Na+]. The Morgan fingerprint density at radius 3 is 2.71 bits per heavy atom. The Morgan fingerprint density at radius 2 is 2.21 bits per heavy atom. The minimum Gasteiger partial charge on any atom is -0.772 e. The zero-order valence-electron chi connectivity index (χ0n) is 7.95. The molecule has 0 aromatic heterocycles. The van der Waals surface area contributed by atoms with Crippen LogP contribution in [0.1, 0.15) is 5.56 Å². The summed E-state index contributed by atoms with van der Waals surface area (Å²) in [5, 5.41) is 0. The third kappa shape index (κ3) is 4.42. The molecule has 1 aromatic carbocycles. The number of hydrogen-bond acceptors (Lipinski definition) is 3. The molecule has 0 bridgehead atoms.